The Hall–Kier alpha value is -1.37. The summed E-state index contributed by atoms with van der Waals surface area (Å²) < 4.78 is 17.8. The molecule has 2 aliphatic heterocycles. The summed E-state index contributed by atoms with van der Waals surface area (Å²) in [7, 11) is 0. The normalized spacial score (nSPS) is 22.0. The molecule has 4 heterocycles. The molecule has 0 saturated carbocycles. The third kappa shape index (κ3) is 2.66. The number of hydrogen-bond donors (Lipinski definition) is 0. The van der Waals surface area contributed by atoms with Gasteiger partial charge in [0.05, 0.1) is 31.4 Å². The lowest BCUT2D eigenvalue weighted by atomic mass is 9.77. The molecule has 6 heteroatoms. The van der Waals surface area contributed by atoms with Crippen LogP contribution in [0.4, 0.5) is 5.00 Å². The molecule has 5 nitrogen and oxygen atoms in total. The Morgan fingerprint density at radius 3 is 2.67 bits per heavy atom. The zero-order chi connectivity index (χ0) is 16.9. The van der Waals surface area contributed by atoms with Crippen molar-refractivity contribution in [2.24, 2.45) is 5.41 Å². The molecule has 1 saturated heterocycles. The third-order valence-corrected chi connectivity index (χ3v) is 6.12. The molecular weight excluding hydrogens is 326 g/mol. The third-order valence-electron chi connectivity index (χ3n) is 4.95. The summed E-state index contributed by atoms with van der Waals surface area (Å²) in [6, 6.07) is 2.13. The van der Waals surface area contributed by atoms with Gasteiger partial charge >= 0.3 is 5.63 Å². The van der Waals surface area contributed by atoms with Crippen molar-refractivity contribution < 1.29 is 13.9 Å². The second-order valence-corrected chi connectivity index (χ2v) is 8.62. The van der Waals surface area contributed by atoms with E-state index in [1.165, 1.54) is 11.3 Å². The van der Waals surface area contributed by atoms with Crippen molar-refractivity contribution in [3.63, 3.8) is 0 Å². The van der Waals surface area contributed by atoms with Crippen LogP contribution in [-0.4, -0.2) is 32.9 Å². The van der Waals surface area contributed by atoms with E-state index in [-0.39, 0.29) is 17.0 Å². The largest absolute Gasteiger partial charge is 0.426 e. The molecule has 0 bridgehead atoms. The van der Waals surface area contributed by atoms with E-state index in [4.69, 9.17) is 13.9 Å². The highest BCUT2D eigenvalue weighted by molar-refractivity contribution is 7.22. The van der Waals surface area contributed by atoms with Crippen molar-refractivity contribution >= 4 is 26.4 Å². The van der Waals surface area contributed by atoms with Crippen LogP contribution < -0.4 is 10.5 Å². The van der Waals surface area contributed by atoms with Crippen LogP contribution in [0.25, 0.3) is 10.1 Å². The second kappa shape index (κ2) is 5.86. The Balaban J connectivity index is 1.85. The minimum Gasteiger partial charge on any atom is -0.426 e. The molecule has 1 fully saturated rings. The first-order valence-electron chi connectivity index (χ1n) is 8.45. The first kappa shape index (κ1) is 16.1. The molecule has 1 unspecified atom stereocenters. The van der Waals surface area contributed by atoms with E-state index >= 15 is 0 Å². The summed E-state index contributed by atoms with van der Waals surface area (Å²) in [6.45, 7) is 10.8. The molecule has 2 aromatic rings. The van der Waals surface area contributed by atoms with E-state index in [1.807, 2.05) is 0 Å². The molecule has 2 aromatic heterocycles. The van der Waals surface area contributed by atoms with E-state index in [1.54, 1.807) is 0 Å². The molecule has 2 aliphatic rings. The Morgan fingerprint density at radius 1 is 1.21 bits per heavy atom. The lowest BCUT2D eigenvalue weighted by molar-refractivity contribution is 0.0467. The highest BCUT2D eigenvalue weighted by atomic mass is 32.1. The summed E-state index contributed by atoms with van der Waals surface area (Å²) in [5, 5.41) is 2.12. The smallest absolute Gasteiger partial charge is 0.354 e. The van der Waals surface area contributed by atoms with Crippen molar-refractivity contribution in [3.8, 4) is 0 Å². The highest BCUT2D eigenvalue weighted by Gasteiger charge is 2.35. The zero-order valence-corrected chi connectivity index (χ0v) is 15.2. The van der Waals surface area contributed by atoms with Crippen molar-refractivity contribution in [1.29, 1.82) is 0 Å². The summed E-state index contributed by atoms with van der Waals surface area (Å²) in [6.07, 6.45) is 0. The standard InChI is InChI=1S/C18H23NO4S/c1-18(2,3)13-10-22-9-12-11-8-14(19-4-6-21-7-5-19)24-16(11)17(20)23-15(12)13/h8,13H,4-7,9-10H2,1-3H3. The van der Waals surface area contributed by atoms with Crippen LogP contribution in [-0.2, 0) is 16.1 Å². The van der Waals surface area contributed by atoms with Crippen LogP contribution in [0.3, 0.4) is 0 Å². The van der Waals surface area contributed by atoms with Crippen LogP contribution in [0.5, 0.6) is 0 Å². The quantitative estimate of drug-likeness (QED) is 0.790. The molecule has 0 aromatic carbocycles. The minimum absolute atomic E-state index is 0.0121. The Labute approximate surface area is 145 Å². The van der Waals surface area contributed by atoms with E-state index in [9.17, 15) is 4.79 Å². The molecule has 1 atom stereocenters. The van der Waals surface area contributed by atoms with Gasteiger partial charge in [-0.05, 0) is 11.5 Å². The zero-order valence-electron chi connectivity index (χ0n) is 14.4. The number of hydrogen-bond acceptors (Lipinski definition) is 6. The maximum Gasteiger partial charge on any atom is 0.354 e. The van der Waals surface area contributed by atoms with Crippen molar-refractivity contribution in [1.82, 2.24) is 0 Å². The van der Waals surface area contributed by atoms with Gasteiger partial charge in [0.2, 0.25) is 0 Å². The van der Waals surface area contributed by atoms with E-state index < -0.39 is 0 Å². The highest BCUT2D eigenvalue weighted by Crippen LogP contribution is 2.43. The first-order chi connectivity index (χ1) is 11.4. The SMILES string of the molecule is CC(C)(C)C1COCc2c1oc(=O)c1sc(N3CCOCC3)cc21. The van der Waals surface area contributed by atoms with Crippen LogP contribution in [0.15, 0.2) is 15.3 Å². The molecular formula is C18H23NO4S. The number of ether oxygens (including phenoxy) is 2. The fraction of sp³-hybridized carbons (Fsp3) is 0.611. The molecule has 0 N–H and O–H groups in total. The first-order valence-corrected chi connectivity index (χ1v) is 9.26. The van der Waals surface area contributed by atoms with E-state index in [0.717, 1.165) is 48.0 Å². The van der Waals surface area contributed by atoms with Gasteiger partial charge in [0, 0.05) is 30.0 Å². The molecule has 24 heavy (non-hydrogen) atoms. The maximum absolute atomic E-state index is 12.6. The van der Waals surface area contributed by atoms with Gasteiger partial charge < -0.3 is 18.8 Å². The predicted octanol–water partition coefficient (Wildman–Crippen LogP) is 3.35. The Morgan fingerprint density at radius 2 is 1.96 bits per heavy atom. The summed E-state index contributed by atoms with van der Waals surface area (Å²) in [4.78, 5) is 14.9. The van der Waals surface area contributed by atoms with Gasteiger partial charge in [0.25, 0.3) is 0 Å². The average molecular weight is 349 g/mol. The molecule has 130 valence electrons. The lowest BCUT2D eigenvalue weighted by Gasteiger charge is -2.33. The van der Waals surface area contributed by atoms with E-state index in [0.29, 0.717) is 17.9 Å². The van der Waals surface area contributed by atoms with Crippen LogP contribution in [0.2, 0.25) is 0 Å². The van der Waals surface area contributed by atoms with Crippen LogP contribution in [0.1, 0.15) is 38.0 Å². The van der Waals surface area contributed by atoms with Gasteiger partial charge in [-0.1, -0.05) is 20.8 Å². The number of nitrogens with zero attached hydrogens (tertiary/aromatic N) is 1. The number of fused-ring (bicyclic) bond motifs is 3. The minimum atomic E-state index is -0.218. The van der Waals surface area contributed by atoms with Crippen molar-refractivity contribution in [2.45, 2.75) is 33.3 Å². The van der Waals surface area contributed by atoms with Crippen molar-refractivity contribution in [3.05, 3.63) is 27.8 Å². The second-order valence-electron chi connectivity index (χ2n) is 7.59. The topological polar surface area (TPSA) is 51.9 Å². The number of morpholine rings is 1. The Bertz CT molecular complexity index is 811. The molecule has 0 aliphatic carbocycles. The fourth-order valence-electron chi connectivity index (χ4n) is 3.46. The van der Waals surface area contributed by atoms with Gasteiger partial charge in [-0.2, -0.15) is 0 Å². The van der Waals surface area contributed by atoms with Gasteiger partial charge in [0.15, 0.2) is 0 Å². The summed E-state index contributed by atoms with van der Waals surface area (Å²) in [5.74, 6) is 0.919. The van der Waals surface area contributed by atoms with Gasteiger partial charge in [-0.15, -0.1) is 11.3 Å². The van der Waals surface area contributed by atoms with E-state index in [2.05, 4.69) is 31.7 Å². The summed E-state index contributed by atoms with van der Waals surface area (Å²) >= 11 is 1.52. The fourth-order valence-corrected chi connectivity index (χ4v) is 4.58. The van der Waals surface area contributed by atoms with Crippen LogP contribution in [0, 0.1) is 5.41 Å². The van der Waals surface area contributed by atoms with Crippen molar-refractivity contribution in [2.75, 3.05) is 37.8 Å². The number of anilines is 1. The molecule has 0 amide bonds. The maximum atomic E-state index is 12.6. The van der Waals surface area contributed by atoms with Gasteiger partial charge in [0.1, 0.15) is 10.5 Å². The van der Waals surface area contributed by atoms with Crippen LogP contribution >= 0.6 is 11.3 Å². The average Bonchev–Trinajstić information content (AvgIpc) is 3.01. The molecule has 0 spiro atoms. The predicted molar refractivity (Wildman–Crippen MR) is 95.2 cm³/mol. The monoisotopic (exact) mass is 349 g/mol. The number of rotatable bonds is 1. The molecule has 4 rings (SSSR count). The number of thiophene rings is 1. The van der Waals surface area contributed by atoms with Gasteiger partial charge in [-0.25, -0.2) is 4.79 Å². The van der Waals surface area contributed by atoms with Gasteiger partial charge in [-0.3, -0.25) is 0 Å². The molecule has 0 radical (unpaired) electrons. The summed E-state index contributed by atoms with van der Waals surface area (Å²) in [5.41, 5.74) is 0.818. The lowest BCUT2D eigenvalue weighted by Crippen LogP contribution is -2.35. The Kier molecular flexibility index (Phi) is 3.94.